The van der Waals surface area contributed by atoms with Gasteiger partial charge >= 0.3 is 12.1 Å². The number of nitrogens with zero attached hydrogens (tertiary/aromatic N) is 4. The van der Waals surface area contributed by atoms with E-state index >= 15 is 0 Å². The van der Waals surface area contributed by atoms with Crippen LogP contribution in [0, 0.1) is 0 Å². The van der Waals surface area contributed by atoms with Gasteiger partial charge in [0.25, 0.3) is 5.56 Å². The zero-order valence-electron chi connectivity index (χ0n) is 20.8. The fourth-order valence-corrected chi connectivity index (χ4v) is 5.57. The van der Waals surface area contributed by atoms with Gasteiger partial charge in [0.05, 0.1) is 0 Å². The van der Waals surface area contributed by atoms with Crippen molar-refractivity contribution in [2.75, 3.05) is 23.1 Å². The lowest BCUT2D eigenvalue weighted by atomic mass is 10.1. The molecule has 3 heterocycles. The summed E-state index contributed by atoms with van der Waals surface area (Å²) in [7, 11) is 0. The summed E-state index contributed by atoms with van der Waals surface area (Å²) < 4.78 is 40.1. The third-order valence-electron chi connectivity index (χ3n) is 6.48. The number of nitrogens with one attached hydrogen (secondary N) is 1. The minimum absolute atomic E-state index is 0.0158. The highest BCUT2D eigenvalue weighted by Crippen LogP contribution is 2.40. The molecular weight excluding hydrogens is 533 g/mol. The molecule has 0 amide bonds. The molecular formula is C26H27F3N6O3S. The van der Waals surface area contributed by atoms with E-state index < -0.39 is 24.0 Å². The first-order valence-electron chi connectivity index (χ1n) is 12.4. The van der Waals surface area contributed by atoms with E-state index in [-0.39, 0.29) is 29.2 Å². The SMILES string of the molecule is NC1CCCN(C2N(Cc3ccccc3)c3c(nc(SCc4ccccc4)[nH]c3=O)N2OC(=O)C(F)(F)F)C1. The van der Waals surface area contributed by atoms with E-state index in [4.69, 9.17) is 10.6 Å². The van der Waals surface area contributed by atoms with E-state index in [0.29, 0.717) is 25.3 Å². The number of carbonyl (C=O) groups is 1. The first-order chi connectivity index (χ1) is 18.7. The average Bonchev–Trinajstić information content (AvgIpc) is 3.21. The summed E-state index contributed by atoms with van der Waals surface area (Å²) in [5, 5.41) is 1.000. The number of fused-ring (bicyclic) bond motifs is 1. The number of nitrogens with two attached hydrogens (primary N) is 1. The zero-order valence-corrected chi connectivity index (χ0v) is 21.6. The monoisotopic (exact) mass is 560 g/mol. The maximum Gasteiger partial charge on any atom is 0.493 e. The molecule has 2 aliphatic heterocycles. The normalized spacial score (nSPS) is 19.7. The molecule has 206 valence electrons. The van der Waals surface area contributed by atoms with Gasteiger partial charge in [-0.1, -0.05) is 72.4 Å². The molecule has 2 aromatic carbocycles. The van der Waals surface area contributed by atoms with Crippen LogP contribution in [0.1, 0.15) is 24.0 Å². The quantitative estimate of drug-likeness (QED) is 0.331. The number of thioether (sulfide) groups is 1. The topological polar surface area (TPSA) is 108 Å². The molecule has 0 saturated carbocycles. The first kappa shape index (κ1) is 27.0. The molecule has 39 heavy (non-hydrogen) atoms. The Morgan fingerprint density at radius 2 is 1.77 bits per heavy atom. The number of aromatic amines is 1. The van der Waals surface area contributed by atoms with Gasteiger partial charge in [-0.3, -0.25) is 14.7 Å². The van der Waals surface area contributed by atoms with Crippen molar-refractivity contribution in [2.45, 2.75) is 48.8 Å². The van der Waals surface area contributed by atoms with Crippen LogP contribution in [0.2, 0.25) is 0 Å². The number of H-pyrrole nitrogens is 1. The number of rotatable bonds is 7. The number of hydrogen-bond acceptors (Lipinski definition) is 9. The molecule has 9 nitrogen and oxygen atoms in total. The standard InChI is InChI=1S/C26H27F3N6O3S/c27-26(28,29)23(37)38-35-21-20(22(36)32-24(31-21)39-16-18-10-5-2-6-11-18)34(14-17-8-3-1-4-9-17)25(35)33-13-7-12-19(30)15-33/h1-6,8-11,19,25H,7,12-16,30H2,(H,31,32,36). The van der Waals surface area contributed by atoms with Crippen molar-refractivity contribution in [1.82, 2.24) is 14.9 Å². The molecule has 0 spiro atoms. The van der Waals surface area contributed by atoms with Crippen molar-refractivity contribution < 1.29 is 22.8 Å². The summed E-state index contributed by atoms with van der Waals surface area (Å²) >= 11 is 1.21. The fraction of sp³-hybridized carbons (Fsp3) is 0.346. The lowest BCUT2D eigenvalue weighted by Crippen LogP contribution is -2.60. The molecule has 0 aliphatic carbocycles. The Hall–Kier alpha value is -3.55. The molecule has 2 aliphatic rings. The van der Waals surface area contributed by atoms with Crippen LogP contribution in [-0.4, -0.2) is 52.4 Å². The molecule has 0 radical (unpaired) electrons. The second-order valence-corrected chi connectivity index (χ2v) is 10.3. The number of carbonyl (C=O) groups excluding carboxylic acids is 1. The highest BCUT2D eigenvalue weighted by atomic mass is 32.2. The molecule has 1 fully saturated rings. The van der Waals surface area contributed by atoms with E-state index in [1.54, 1.807) is 4.90 Å². The van der Waals surface area contributed by atoms with Crippen LogP contribution in [0.5, 0.6) is 0 Å². The second-order valence-electron chi connectivity index (χ2n) is 9.38. The van der Waals surface area contributed by atoms with Crippen LogP contribution in [0.15, 0.2) is 70.6 Å². The van der Waals surface area contributed by atoms with E-state index in [1.165, 1.54) is 11.8 Å². The van der Waals surface area contributed by atoms with Crippen LogP contribution in [0.25, 0.3) is 0 Å². The predicted molar refractivity (Wildman–Crippen MR) is 141 cm³/mol. The second kappa shape index (κ2) is 11.3. The number of likely N-dealkylation sites (tertiary alicyclic amines) is 1. The highest BCUT2D eigenvalue weighted by Gasteiger charge is 2.50. The van der Waals surface area contributed by atoms with Crippen LogP contribution < -0.4 is 21.3 Å². The summed E-state index contributed by atoms with van der Waals surface area (Å²) in [4.78, 5) is 41.2. The average molecular weight is 561 g/mol. The largest absolute Gasteiger partial charge is 0.493 e. The number of hydrogen-bond donors (Lipinski definition) is 2. The van der Waals surface area contributed by atoms with Gasteiger partial charge in [-0.05, 0) is 24.0 Å². The maximum atomic E-state index is 13.5. The first-order valence-corrected chi connectivity index (χ1v) is 13.4. The summed E-state index contributed by atoms with van der Waals surface area (Å²) in [5.41, 5.74) is 7.45. The van der Waals surface area contributed by atoms with Gasteiger partial charge in [-0.15, -0.1) is 5.06 Å². The Labute approximate surface area is 226 Å². The van der Waals surface area contributed by atoms with Gasteiger partial charge in [0.1, 0.15) is 0 Å². The number of aromatic nitrogens is 2. The van der Waals surface area contributed by atoms with Crippen molar-refractivity contribution in [3.63, 3.8) is 0 Å². The Bertz CT molecular complexity index is 1360. The van der Waals surface area contributed by atoms with Crippen molar-refractivity contribution in [2.24, 2.45) is 5.73 Å². The Morgan fingerprint density at radius 3 is 2.41 bits per heavy atom. The van der Waals surface area contributed by atoms with E-state index in [1.807, 2.05) is 65.6 Å². The third-order valence-corrected chi connectivity index (χ3v) is 7.43. The molecule has 3 N–H and O–H groups in total. The molecule has 5 rings (SSSR count). The maximum absolute atomic E-state index is 13.5. The minimum atomic E-state index is -5.25. The van der Waals surface area contributed by atoms with Crippen molar-refractivity contribution in [3.05, 3.63) is 82.1 Å². The summed E-state index contributed by atoms with van der Waals surface area (Å²) in [6.45, 7) is 0.967. The van der Waals surface area contributed by atoms with Crippen molar-refractivity contribution in [1.29, 1.82) is 0 Å². The molecule has 1 aromatic heterocycles. The number of halogens is 3. The minimum Gasteiger partial charge on any atom is -0.327 e. The van der Waals surface area contributed by atoms with Gasteiger partial charge in [0.15, 0.2) is 23.0 Å². The highest BCUT2D eigenvalue weighted by molar-refractivity contribution is 7.98. The number of alkyl halides is 3. The van der Waals surface area contributed by atoms with Gasteiger partial charge in [-0.25, -0.2) is 9.78 Å². The van der Waals surface area contributed by atoms with Crippen molar-refractivity contribution >= 4 is 29.2 Å². The smallest absolute Gasteiger partial charge is 0.327 e. The summed E-state index contributed by atoms with van der Waals surface area (Å²) in [6, 6.07) is 18.4. The van der Waals surface area contributed by atoms with Gasteiger partial charge in [0.2, 0.25) is 0 Å². The van der Waals surface area contributed by atoms with Gasteiger partial charge in [0, 0.05) is 31.4 Å². The molecule has 1 saturated heterocycles. The zero-order chi connectivity index (χ0) is 27.6. The van der Waals surface area contributed by atoms with E-state index in [0.717, 1.165) is 22.6 Å². The molecule has 3 aromatic rings. The van der Waals surface area contributed by atoms with E-state index in [9.17, 15) is 22.8 Å². The molecule has 0 bridgehead atoms. The molecule has 13 heteroatoms. The Kier molecular flexibility index (Phi) is 7.82. The lowest BCUT2D eigenvalue weighted by Gasteiger charge is -2.42. The van der Waals surface area contributed by atoms with Crippen molar-refractivity contribution in [3.8, 4) is 0 Å². The Balaban J connectivity index is 1.57. The van der Waals surface area contributed by atoms with Crippen LogP contribution in [-0.2, 0) is 21.9 Å². The number of anilines is 2. The van der Waals surface area contributed by atoms with Crippen LogP contribution in [0.3, 0.4) is 0 Å². The third kappa shape index (κ3) is 6.05. The molecule has 2 unspecified atom stereocenters. The number of hydroxylamine groups is 1. The fourth-order valence-electron chi connectivity index (χ4n) is 4.76. The summed E-state index contributed by atoms with van der Waals surface area (Å²) in [6.07, 6.45) is -4.87. The number of benzene rings is 2. The predicted octanol–water partition coefficient (Wildman–Crippen LogP) is 3.62. The molecule has 2 atom stereocenters. The number of piperidine rings is 1. The van der Waals surface area contributed by atoms with Gasteiger partial charge < -0.3 is 15.5 Å². The van der Waals surface area contributed by atoms with Crippen LogP contribution >= 0.6 is 11.8 Å². The summed E-state index contributed by atoms with van der Waals surface area (Å²) in [5.74, 6) is -2.10. The Morgan fingerprint density at radius 1 is 1.10 bits per heavy atom. The van der Waals surface area contributed by atoms with E-state index in [2.05, 4.69) is 9.97 Å². The lowest BCUT2D eigenvalue weighted by molar-refractivity contribution is -0.203. The van der Waals surface area contributed by atoms with Crippen LogP contribution in [0.4, 0.5) is 24.7 Å². The van der Waals surface area contributed by atoms with Gasteiger partial charge in [-0.2, -0.15) is 13.2 Å².